The number of rotatable bonds is 4. The first-order valence-electron chi connectivity index (χ1n) is 9.63. The number of aliphatic hydroxyl groups excluding tert-OH is 1. The molecule has 2 aromatic carbocycles. The molecule has 5 nitrogen and oxygen atoms in total. The number of aromatic nitrogens is 1. The number of likely N-dealkylation sites (tertiary alicyclic amines) is 1. The van der Waals surface area contributed by atoms with E-state index in [1.165, 1.54) is 7.11 Å². The van der Waals surface area contributed by atoms with Gasteiger partial charge in [0.05, 0.1) is 30.0 Å². The lowest BCUT2D eigenvalue weighted by Gasteiger charge is -2.30. The minimum absolute atomic E-state index is 0.235. The third kappa shape index (κ3) is 3.63. The first-order chi connectivity index (χ1) is 13.7. The number of para-hydroxylation sites is 1. The Morgan fingerprint density at radius 1 is 1.11 bits per heavy atom. The number of carbonyl (C=O) groups is 1. The van der Waals surface area contributed by atoms with Crippen LogP contribution in [0.2, 0.25) is 0 Å². The van der Waals surface area contributed by atoms with Gasteiger partial charge in [-0.05, 0) is 24.5 Å². The van der Waals surface area contributed by atoms with Crippen LogP contribution in [0.4, 0.5) is 0 Å². The maximum atomic E-state index is 12.8. The Labute approximate surface area is 164 Å². The van der Waals surface area contributed by atoms with Gasteiger partial charge in [-0.1, -0.05) is 48.5 Å². The molecule has 0 atom stereocenters. The highest BCUT2D eigenvalue weighted by atomic mass is 16.5. The van der Waals surface area contributed by atoms with Gasteiger partial charge in [0.25, 0.3) is 0 Å². The fourth-order valence-electron chi connectivity index (χ4n) is 3.89. The van der Waals surface area contributed by atoms with E-state index in [9.17, 15) is 9.90 Å². The number of aliphatic hydroxyl groups is 1. The maximum Gasteiger partial charge on any atom is 0.340 e. The lowest BCUT2D eigenvalue weighted by molar-refractivity contribution is 0.0592. The molecule has 3 aromatic rings. The van der Waals surface area contributed by atoms with Gasteiger partial charge < -0.3 is 9.84 Å². The van der Waals surface area contributed by atoms with Gasteiger partial charge in [-0.2, -0.15) is 0 Å². The van der Waals surface area contributed by atoms with Crippen LogP contribution < -0.4 is 0 Å². The van der Waals surface area contributed by atoms with Gasteiger partial charge in [0.15, 0.2) is 0 Å². The molecule has 1 fully saturated rings. The van der Waals surface area contributed by atoms with Crippen LogP contribution in [0.5, 0.6) is 0 Å². The molecule has 0 radical (unpaired) electrons. The molecule has 0 bridgehead atoms. The van der Waals surface area contributed by atoms with Gasteiger partial charge in [-0.15, -0.1) is 0 Å². The fraction of sp³-hybridized carbons (Fsp3) is 0.304. The second-order valence-corrected chi connectivity index (χ2v) is 7.19. The van der Waals surface area contributed by atoms with Crippen LogP contribution in [-0.4, -0.2) is 47.3 Å². The van der Waals surface area contributed by atoms with E-state index in [0.29, 0.717) is 12.1 Å². The molecule has 4 rings (SSSR count). The number of methoxy groups -OCH3 is 1. The van der Waals surface area contributed by atoms with E-state index in [4.69, 9.17) is 9.72 Å². The van der Waals surface area contributed by atoms with E-state index >= 15 is 0 Å². The molecule has 0 aliphatic carbocycles. The van der Waals surface area contributed by atoms with Crippen molar-refractivity contribution in [3.63, 3.8) is 0 Å². The molecule has 0 amide bonds. The summed E-state index contributed by atoms with van der Waals surface area (Å²) in [7, 11) is 1.41. The monoisotopic (exact) mass is 376 g/mol. The third-order valence-corrected chi connectivity index (χ3v) is 5.35. The van der Waals surface area contributed by atoms with E-state index in [-0.39, 0.29) is 12.1 Å². The van der Waals surface area contributed by atoms with Gasteiger partial charge in [0, 0.05) is 30.6 Å². The topological polar surface area (TPSA) is 62.7 Å². The van der Waals surface area contributed by atoms with Crippen LogP contribution in [0.3, 0.4) is 0 Å². The molecule has 1 saturated heterocycles. The standard InChI is InChI=1S/C23H24N2O3/c1-28-23(27)22-20(15-25-13-11-17(26)12-14-25)24-19-10-6-5-9-18(19)21(22)16-7-3-2-4-8-16/h2-10,17,26H,11-15H2,1H3. The summed E-state index contributed by atoms with van der Waals surface area (Å²) < 4.78 is 5.16. The van der Waals surface area contributed by atoms with E-state index < -0.39 is 0 Å². The predicted molar refractivity (Wildman–Crippen MR) is 109 cm³/mol. The van der Waals surface area contributed by atoms with Crippen molar-refractivity contribution in [1.29, 1.82) is 0 Å². The molecule has 1 aliphatic heterocycles. The largest absolute Gasteiger partial charge is 0.465 e. The van der Waals surface area contributed by atoms with Crippen molar-refractivity contribution in [2.24, 2.45) is 0 Å². The van der Waals surface area contributed by atoms with Crippen molar-refractivity contribution in [3.05, 3.63) is 65.9 Å². The molecule has 1 aliphatic rings. The maximum absolute atomic E-state index is 12.8. The molecule has 1 aromatic heterocycles. The van der Waals surface area contributed by atoms with Crippen molar-refractivity contribution in [1.82, 2.24) is 9.88 Å². The highest BCUT2D eigenvalue weighted by molar-refractivity contribution is 6.07. The first-order valence-corrected chi connectivity index (χ1v) is 9.63. The Kier molecular flexibility index (Phi) is 5.37. The SMILES string of the molecule is COC(=O)c1c(CN2CCC(O)CC2)nc2ccccc2c1-c1ccccc1. The summed E-state index contributed by atoms with van der Waals surface area (Å²) in [4.78, 5) is 19.9. The van der Waals surface area contributed by atoms with Crippen molar-refractivity contribution in [2.45, 2.75) is 25.5 Å². The van der Waals surface area contributed by atoms with Gasteiger partial charge >= 0.3 is 5.97 Å². The average molecular weight is 376 g/mol. The van der Waals surface area contributed by atoms with E-state index in [0.717, 1.165) is 53.7 Å². The predicted octanol–water partition coefficient (Wildman–Crippen LogP) is 3.65. The summed E-state index contributed by atoms with van der Waals surface area (Å²) in [6.07, 6.45) is 1.25. The molecule has 28 heavy (non-hydrogen) atoms. The number of pyridine rings is 1. The lowest BCUT2D eigenvalue weighted by atomic mass is 9.93. The zero-order chi connectivity index (χ0) is 19.5. The van der Waals surface area contributed by atoms with Gasteiger partial charge in [-0.25, -0.2) is 4.79 Å². The smallest absolute Gasteiger partial charge is 0.340 e. The van der Waals surface area contributed by atoms with E-state index in [1.807, 2.05) is 54.6 Å². The minimum Gasteiger partial charge on any atom is -0.465 e. The fourth-order valence-corrected chi connectivity index (χ4v) is 3.89. The van der Waals surface area contributed by atoms with Crippen molar-refractivity contribution < 1.29 is 14.6 Å². The summed E-state index contributed by atoms with van der Waals surface area (Å²) in [5, 5.41) is 10.7. The van der Waals surface area contributed by atoms with Crippen LogP contribution in [0, 0.1) is 0 Å². The van der Waals surface area contributed by atoms with Crippen molar-refractivity contribution >= 4 is 16.9 Å². The highest BCUT2D eigenvalue weighted by Crippen LogP contribution is 2.34. The normalized spacial score (nSPS) is 15.6. The minimum atomic E-state index is -0.371. The molecule has 0 saturated carbocycles. The molecule has 0 spiro atoms. The lowest BCUT2D eigenvalue weighted by Crippen LogP contribution is -2.36. The second-order valence-electron chi connectivity index (χ2n) is 7.19. The number of hydrogen-bond acceptors (Lipinski definition) is 5. The number of nitrogens with zero attached hydrogens (tertiary/aromatic N) is 2. The average Bonchev–Trinajstić information content (AvgIpc) is 2.74. The molecular formula is C23H24N2O3. The van der Waals surface area contributed by atoms with E-state index in [2.05, 4.69) is 4.90 Å². The highest BCUT2D eigenvalue weighted by Gasteiger charge is 2.25. The summed E-state index contributed by atoms with van der Waals surface area (Å²) >= 11 is 0. The number of carbonyl (C=O) groups excluding carboxylic acids is 1. The summed E-state index contributed by atoms with van der Waals surface area (Å²) in [5.41, 5.74) is 3.95. The molecule has 0 unspecified atom stereocenters. The Morgan fingerprint density at radius 3 is 2.50 bits per heavy atom. The number of benzene rings is 2. The first kappa shape index (κ1) is 18.6. The van der Waals surface area contributed by atoms with Crippen LogP contribution >= 0.6 is 0 Å². The molecule has 1 N–H and O–H groups in total. The zero-order valence-corrected chi connectivity index (χ0v) is 16.0. The molecule has 2 heterocycles. The van der Waals surface area contributed by atoms with Crippen LogP contribution in [-0.2, 0) is 11.3 Å². The Morgan fingerprint density at radius 2 is 1.79 bits per heavy atom. The summed E-state index contributed by atoms with van der Waals surface area (Å²) in [6.45, 7) is 2.13. The summed E-state index contributed by atoms with van der Waals surface area (Å²) in [5.74, 6) is -0.371. The number of piperidine rings is 1. The van der Waals surface area contributed by atoms with Crippen LogP contribution in [0.15, 0.2) is 54.6 Å². The van der Waals surface area contributed by atoms with Gasteiger partial charge in [-0.3, -0.25) is 9.88 Å². The Balaban J connectivity index is 1.90. The van der Waals surface area contributed by atoms with Crippen molar-refractivity contribution in [2.75, 3.05) is 20.2 Å². The number of esters is 1. The zero-order valence-electron chi connectivity index (χ0n) is 16.0. The molecule has 144 valence electrons. The third-order valence-electron chi connectivity index (χ3n) is 5.35. The number of ether oxygens (including phenoxy) is 1. The summed E-state index contributed by atoms with van der Waals surface area (Å²) in [6, 6.07) is 17.8. The molecular weight excluding hydrogens is 352 g/mol. The van der Waals surface area contributed by atoms with Crippen molar-refractivity contribution in [3.8, 4) is 11.1 Å². The second kappa shape index (κ2) is 8.09. The van der Waals surface area contributed by atoms with Crippen LogP contribution in [0.25, 0.3) is 22.0 Å². The molecule has 5 heteroatoms. The Bertz CT molecular complexity index is 980. The van der Waals surface area contributed by atoms with E-state index in [1.54, 1.807) is 0 Å². The Hall–Kier alpha value is -2.76. The van der Waals surface area contributed by atoms with Gasteiger partial charge in [0.1, 0.15) is 0 Å². The number of fused-ring (bicyclic) bond motifs is 1. The quantitative estimate of drug-likeness (QED) is 0.705. The van der Waals surface area contributed by atoms with Crippen LogP contribution in [0.1, 0.15) is 28.9 Å². The number of hydrogen-bond donors (Lipinski definition) is 1. The van der Waals surface area contributed by atoms with Gasteiger partial charge in [0.2, 0.25) is 0 Å².